The van der Waals surface area contributed by atoms with Crippen LogP contribution in [0.15, 0.2) is 48.7 Å². The van der Waals surface area contributed by atoms with E-state index >= 15 is 0 Å². The smallest absolute Gasteiger partial charge is 0.248 e. The predicted octanol–water partition coefficient (Wildman–Crippen LogP) is 4.00. The topological polar surface area (TPSA) is 54.5 Å². The molecule has 1 fully saturated rings. The van der Waals surface area contributed by atoms with E-state index in [1.54, 1.807) is 24.4 Å². The summed E-state index contributed by atoms with van der Waals surface area (Å²) in [4.78, 5) is 18.7. The molecule has 1 aromatic heterocycles. The van der Waals surface area contributed by atoms with Gasteiger partial charge in [-0.2, -0.15) is 0 Å². The Morgan fingerprint density at radius 3 is 2.69 bits per heavy atom. The van der Waals surface area contributed by atoms with Crippen LogP contribution in [0.2, 0.25) is 5.02 Å². The molecule has 26 heavy (non-hydrogen) atoms. The second-order valence-corrected chi connectivity index (χ2v) is 6.88. The first-order valence-corrected chi connectivity index (χ1v) is 8.98. The molecule has 6 heteroatoms. The summed E-state index contributed by atoms with van der Waals surface area (Å²) in [5, 5.41) is 3.45. The number of rotatable bonds is 4. The number of anilines is 2. The second kappa shape index (κ2) is 8.34. The minimum absolute atomic E-state index is 0.177. The van der Waals surface area contributed by atoms with Crippen molar-refractivity contribution >= 4 is 35.1 Å². The van der Waals surface area contributed by atoms with Gasteiger partial charge < -0.3 is 15.0 Å². The average Bonchev–Trinajstić information content (AvgIpc) is 2.60. The second-order valence-electron chi connectivity index (χ2n) is 6.44. The zero-order chi connectivity index (χ0) is 18.5. The van der Waals surface area contributed by atoms with Gasteiger partial charge in [0.1, 0.15) is 5.82 Å². The Balaban J connectivity index is 1.59. The molecule has 1 N–H and O–H groups in total. The van der Waals surface area contributed by atoms with Crippen LogP contribution in [0.25, 0.3) is 6.08 Å². The van der Waals surface area contributed by atoms with Crippen LogP contribution >= 0.6 is 11.6 Å². The molecule has 0 spiro atoms. The van der Waals surface area contributed by atoms with Crippen LogP contribution in [0.5, 0.6) is 0 Å². The lowest BCUT2D eigenvalue weighted by molar-refractivity contribution is -0.111. The van der Waals surface area contributed by atoms with Crippen LogP contribution in [-0.2, 0) is 9.53 Å². The highest BCUT2D eigenvalue weighted by Crippen LogP contribution is 2.19. The standard InChI is InChI=1S/C20H22ClN3O2/c1-14-12-24(13-15(2)26-14)19-8-7-18(11-22-19)23-20(25)9-6-16-4-3-5-17(21)10-16/h3-11,14-15H,12-13H2,1-2H3,(H,23,25). The minimum Gasteiger partial charge on any atom is -0.372 e. The van der Waals surface area contributed by atoms with E-state index in [0.717, 1.165) is 24.5 Å². The third-order valence-electron chi connectivity index (χ3n) is 4.03. The summed E-state index contributed by atoms with van der Waals surface area (Å²) in [5.74, 6) is 0.674. The van der Waals surface area contributed by atoms with E-state index in [0.29, 0.717) is 10.7 Å². The summed E-state index contributed by atoms with van der Waals surface area (Å²) in [6.07, 6.45) is 5.23. The van der Waals surface area contributed by atoms with Crippen molar-refractivity contribution in [3.8, 4) is 0 Å². The number of carbonyl (C=O) groups excluding carboxylic acids is 1. The van der Waals surface area contributed by atoms with Gasteiger partial charge in [0.25, 0.3) is 0 Å². The molecule has 136 valence electrons. The Bertz CT molecular complexity index is 782. The normalized spacial score (nSPS) is 20.3. The molecular formula is C20H22ClN3O2. The molecular weight excluding hydrogens is 350 g/mol. The number of halogens is 1. The van der Waals surface area contributed by atoms with Gasteiger partial charge in [0, 0.05) is 24.2 Å². The number of amides is 1. The molecule has 0 aliphatic carbocycles. The highest BCUT2D eigenvalue weighted by Gasteiger charge is 2.22. The summed E-state index contributed by atoms with van der Waals surface area (Å²) < 4.78 is 5.74. The van der Waals surface area contributed by atoms with Gasteiger partial charge in [0.15, 0.2) is 0 Å². The lowest BCUT2D eigenvalue weighted by atomic mass is 10.2. The number of benzene rings is 1. The number of hydrogen-bond donors (Lipinski definition) is 1. The van der Waals surface area contributed by atoms with Gasteiger partial charge in [-0.15, -0.1) is 0 Å². The molecule has 2 aromatic rings. The number of hydrogen-bond acceptors (Lipinski definition) is 4. The van der Waals surface area contributed by atoms with Crippen molar-refractivity contribution in [3.05, 3.63) is 59.3 Å². The van der Waals surface area contributed by atoms with Gasteiger partial charge in [-0.25, -0.2) is 4.98 Å². The molecule has 1 amide bonds. The molecule has 0 radical (unpaired) electrons. The lowest BCUT2D eigenvalue weighted by Gasteiger charge is -2.36. The minimum atomic E-state index is -0.215. The molecule has 2 heterocycles. The van der Waals surface area contributed by atoms with E-state index < -0.39 is 0 Å². The van der Waals surface area contributed by atoms with Crippen molar-refractivity contribution < 1.29 is 9.53 Å². The SMILES string of the molecule is CC1CN(c2ccc(NC(=O)C=Cc3cccc(Cl)c3)cn2)CC(C)O1. The Hall–Kier alpha value is -2.37. The van der Waals surface area contributed by atoms with E-state index in [2.05, 4.69) is 29.0 Å². The van der Waals surface area contributed by atoms with E-state index in [4.69, 9.17) is 16.3 Å². The third kappa shape index (κ3) is 5.07. The molecule has 1 aliphatic heterocycles. The van der Waals surface area contributed by atoms with Crippen LogP contribution in [0.4, 0.5) is 11.5 Å². The molecule has 2 unspecified atom stereocenters. The van der Waals surface area contributed by atoms with Crippen molar-refractivity contribution in [1.29, 1.82) is 0 Å². The number of aromatic nitrogens is 1. The molecule has 1 aliphatic rings. The highest BCUT2D eigenvalue weighted by molar-refractivity contribution is 6.30. The number of ether oxygens (including phenoxy) is 1. The fourth-order valence-electron chi connectivity index (χ4n) is 2.98. The average molecular weight is 372 g/mol. The molecule has 5 nitrogen and oxygen atoms in total. The maximum absolute atomic E-state index is 12.1. The zero-order valence-electron chi connectivity index (χ0n) is 14.9. The summed E-state index contributed by atoms with van der Waals surface area (Å²) in [5.41, 5.74) is 1.53. The number of morpholine rings is 1. The van der Waals surface area contributed by atoms with Gasteiger partial charge >= 0.3 is 0 Å². The predicted molar refractivity (Wildman–Crippen MR) is 106 cm³/mol. The van der Waals surface area contributed by atoms with Crippen molar-refractivity contribution in [1.82, 2.24) is 4.98 Å². The summed E-state index contributed by atoms with van der Waals surface area (Å²) in [6.45, 7) is 5.74. The zero-order valence-corrected chi connectivity index (χ0v) is 15.6. The van der Waals surface area contributed by atoms with E-state index in [-0.39, 0.29) is 18.1 Å². The van der Waals surface area contributed by atoms with Gasteiger partial charge in [-0.3, -0.25) is 4.79 Å². The van der Waals surface area contributed by atoms with Crippen molar-refractivity contribution in [2.45, 2.75) is 26.1 Å². The van der Waals surface area contributed by atoms with Gasteiger partial charge in [0.2, 0.25) is 5.91 Å². The molecule has 0 saturated carbocycles. The Morgan fingerprint density at radius 1 is 1.27 bits per heavy atom. The van der Waals surface area contributed by atoms with Crippen LogP contribution in [0.3, 0.4) is 0 Å². The number of carbonyl (C=O) groups is 1. The Labute approximate surface area is 158 Å². The van der Waals surface area contributed by atoms with Gasteiger partial charge in [0.05, 0.1) is 24.1 Å². The van der Waals surface area contributed by atoms with Gasteiger partial charge in [-0.1, -0.05) is 23.7 Å². The van der Waals surface area contributed by atoms with Gasteiger partial charge in [-0.05, 0) is 49.8 Å². The lowest BCUT2D eigenvalue weighted by Crippen LogP contribution is -2.45. The first-order chi connectivity index (χ1) is 12.5. The van der Waals surface area contributed by atoms with Crippen molar-refractivity contribution in [2.75, 3.05) is 23.3 Å². The first-order valence-electron chi connectivity index (χ1n) is 8.60. The molecule has 1 aromatic carbocycles. The number of nitrogens with one attached hydrogen (secondary N) is 1. The quantitative estimate of drug-likeness (QED) is 0.825. The van der Waals surface area contributed by atoms with Crippen molar-refractivity contribution in [2.24, 2.45) is 0 Å². The summed E-state index contributed by atoms with van der Waals surface area (Å²) in [7, 11) is 0. The van der Waals surface area contributed by atoms with Crippen LogP contribution in [0.1, 0.15) is 19.4 Å². The number of nitrogens with zero attached hydrogens (tertiary/aromatic N) is 2. The third-order valence-corrected chi connectivity index (χ3v) is 4.27. The molecule has 0 bridgehead atoms. The monoisotopic (exact) mass is 371 g/mol. The Morgan fingerprint density at radius 2 is 2.04 bits per heavy atom. The first kappa shape index (κ1) is 18.4. The Kier molecular flexibility index (Phi) is 5.91. The fourth-order valence-corrected chi connectivity index (χ4v) is 3.18. The molecule has 3 rings (SSSR count). The van der Waals surface area contributed by atoms with E-state index in [1.807, 2.05) is 24.3 Å². The summed E-state index contributed by atoms with van der Waals surface area (Å²) >= 11 is 5.93. The highest BCUT2D eigenvalue weighted by atomic mass is 35.5. The molecule has 2 atom stereocenters. The molecule has 1 saturated heterocycles. The maximum Gasteiger partial charge on any atom is 0.248 e. The van der Waals surface area contributed by atoms with Crippen molar-refractivity contribution in [3.63, 3.8) is 0 Å². The fraction of sp³-hybridized carbons (Fsp3) is 0.300. The number of pyridine rings is 1. The largest absolute Gasteiger partial charge is 0.372 e. The van der Waals surface area contributed by atoms with Crippen LogP contribution in [0, 0.1) is 0 Å². The summed E-state index contributed by atoms with van der Waals surface area (Å²) in [6, 6.07) is 11.1. The van der Waals surface area contributed by atoms with Crippen LogP contribution < -0.4 is 10.2 Å². The van der Waals surface area contributed by atoms with E-state index in [9.17, 15) is 4.79 Å². The maximum atomic E-state index is 12.1. The van der Waals surface area contributed by atoms with Crippen LogP contribution in [-0.4, -0.2) is 36.2 Å². The van der Waals surface area contributed by atoms with E-state index in [1.165, 1.54) is 6.08 Å².